The summed E-state index contributed by atoms with van der Waals surface area (Å²) in [4.78, 5) is 10.8. The van der Waals surface area contributed by atoms with Crippen molar-refractivity contribution in [3.63, 3.8) is 0 Å². The van der Waals surface area contributed by atoms with Crippen molar-refractivity contribution < 1.29 is 23.7 Å². The zero-order valence-corrected chi connectivity index (χ0v) is 11.8. The highest BCUT2D eigenvalue weighted by Crippen LogP contribution is 2.00. The van der Waals surface area contributed by atoms with Crippen LogP contribution in [0.15, 0.2) is 0 Å². The fraction of sp³-hybridized carbons (Fsp3) is 0.923. The third-order valence-electron chi connectivity index (χ3n) is 2.33. The Morgan fingerprint density at radius 2 is 1.72 bits per heavy atom. The molecule has 0 saturated carbocycles. The van der Waals surface area contributed by atoms with Gasteiger partial charge in [-0.25, -0.2) is 4.79 Å². The topological polar surface area (TPSA) is 54.0 Å². The van der Waals surface area contributed by atoms with Gasteiger partial charge in [-0.3, -0.25) is 0 Å². The van der Waals surface area contributed by atoms with E-state index in [9.17, 15) is 4.79 Å². The fourth-order valence-corrected chi connectivity index (χ4v) is 1.36. The molecule has 18 heavy (non-hydrogen) atoms. The lowest BCUT2D eigenvalue weighted by Gasteiger charge is -2.14. The predicted octanol–water partition coefficient (Wildman–Crippen LogP) is 2.77. The van der Waals surface area contributed by atoms with E-state index in [-0.39, 0.29) is 6.10 Å². The lowest BCUT2D eigenvalue weighted by Crippen LogP contribution is -2.19. The lowest BCUT2D eigenvalue weighted by atomic mass is 10.3. The van der Waals surface area contributed by atoms with Crippen LogP contribution in [-0.4, -0.2) is 45.3 Å². The van der Waals surface area contributed by atoms with Crippen LogP contribution < -0.4 is 0 Å². The highest BCUT2D eigenvalue weighted by Gasteiger charge is 2.05. The first kappa shape index (κ1) is 17.2. The van der Waals surface area contributed by atoms with Gasteiger partial charge in [0.15, 0.2) is 0 Å². The number of hydrogen-bond acceptors (Lipinski definition) is 5. The predicted molar refractivity (Wildman–Crippen MR) is 68.7 cm³/mol. The van der Waals surface area contributed by atoms with Gasteiger partial charge in [0.25, 0.3) is 0 Å². The van der Waals surface area contributed by atoms with E-state index in [0.717, 1.165) is 25.9 Å². The van der Waals surface area contributed by atoms with Gasteiger partial charge in [0, 0.05) is 13.2 Å². The van der Waals surface area contributed by atoms with Crippen molar-refractivity contribution in [2.45, 2.75) is 46.1 Å². The molecule has 0 fully saturated rings. The molecule has 0 aliphatic carbocycles. The second-order valence-electron chi connectivity index (χ2n) is 3.80. The Hall–Kier alpha value is -0.810. The minimum atomic E-state index is -0.596. The number of hydrogen-bond donors (Lipinski definition) is 0. The standard InChI is InChI=1S/C13H26O5/c1-4-12(16-5-2)11-15-9-7-8-10-18-13(14)17-6-3/h12H,4-11H2,1-3H3. The Kier molecular flexibility index (Phi) is 12.1. The minimum Gasteiger partial charge on any atom is -0.435 e. The van der Waals surface area contributed by atoms with E-state index < -0.39 is 6.16 Å². The van der Waals surface area contributed by atoms with E-state index in [1.54, 1.807) is 6.92 Å². The number of ether oxygens (including phenoxy) is 4. The van der Waals surface area contributed by atoms with Crippen molar-refractivity contribution in [1.82, 2.24) is 0 Å². The van der Waals surface area contributed by atoms with Gasteiger partial charge in [0.05, 0.1) is 25.9 Å². The van der Waals surface area contributed by atoms with Gasteiger partial charge >= 0.3 is 6.16 Å². The van der Waals surface area contributed by atoms with Crippen LogP contribution in [0.2, 0.25) is 0 Å². The maximum atomic E-state index is 10.8. The lowest BCUT2D eigenvalue weighted by molar-refractivity contribution is -0.0148. The van der Waals surface area contributed by atoms with Crippen LogP contribution in [0.4, 0.5) is 4.79 Å². The van der Waals surface area contributed by atoms with Crippen molar-refractivity contribution in [2.24, 2.45) is 0 Å². The van der Waals surface area contributed by atoms with Crippen molar-refractivity contribution in [2.75, 3.05) is 33.0 Å². The molecular weight excluding hydrogens is 236 g/mol. The number of unbranched alkanes of at least 4 members (excludes halogenated alkanes) is 1. The third-order valence-corrected chi connectivity index (χ3v) is 2.33. The number of rotatable bonds is 11. The maximum absolute atomic E-state index is 10.8. The molecule has 0 bridgehead atoms. The van der Waals surface area contributed by atoms with Crippen molar-refractivity contribution in [1.29, 1.82) is 0 Å². The first-order chi connectivity index (χ1) is 8.74. The SMILES string of the molecule is CCOC(=O)OCCCCOCC(CC)OCC. The first-order valence-electron chi connectivity index (χ1n) is 6.73. The molecule has 108 valence electrons. The van der Waals surface area contributed by atoms with E-state index in [1.165, 1.54) is 0 Å². The molecule has 0 amide bonds. The van der Waals surface area contributed by atoms with Gasteiger partial charge in [-0.1, -0.05) is 6.92 Å². The van der Waals surface area contributed by atoms with Gasteiger partial charge < -0.3 is 18.9 Å². The third kappa shape index (κ3) is 10.4. The average molecular weight is 262 g/mol. The van der Waals surface area contributed by atoms with Crippen LogP contribution in [0, 0.1) is 0 Å². The monoisotopic (exact) mass is 262 g/mol. The van der Waals surface area contributed by atoms with Gasteiger partial charge in [0.2, 0.25) is 0 Å². The van der Waals surface area contributed by atoms with Crippen LogP contribution in [-0.2, 0) is 18.9 Å². The van der Waals surface area contributed by atoms with Crippen molar-refractivity contribution in [3.05, 3.63) is 0 Å². The quantitative estimate of drug-likeness (QED) is 0.423. The molecule has 0 rings (SSSR count). The Morgan fingerprint density at radius 3 is 2.33 bits per heavy atom. The minimum absolute atomic E-state index is 0.186. The van der Waals surface area contributed by atoms with E-state index in [4.69, 9.17) is 14.2 Å². The fourth-order valence-electron chi connectivity index (χ4n) is 1.36. The summed E-state index contributed by atoms with van der Waals surface area (Å²) in [5, 5.41) is 0. The van der Waals surface area contributed by atoms with Gasteiger partial charge in [-0.15, -0.1) is 0 Å². The molecule has 0 aromatic rings. The van der Waals surface area contributed by atoms with Crippen LogP contribution in [0.3, 0.4) is 0 Å². The zero-order valence-electron chi connectivity index (χ0n) is 11.8. The molecule has 0 aliphatic rings. The first-order valence-corrected chi connectivity index (χ1v) is 6.73. The van der Waals surface area contributed by atoms with Crippen molar-refractivity contribution in [3.8, 4) is 0 Å². The molecule has 5 heteroatoms. The molecule has 0 aliphatic heterocycles. The molecule has 0 radical (unpaired) electrons. The second-order valence-corrected chi connectivity index (χ2v) is 3.80. The summed E-state index contributed by atoms with van der Waals surface area (Å²) in [5.41, 5.74) is 0. The van der Waals surface area contributed by atoms with Crippen LogP contribution in [0.1, 0.15) is 40.0 Å². The van der Waals surface area contributed by atoms with E-state index >= 15 is 0 Å². The van der Waals surface area contributed by atoms with E-state index in [2.05, 4.69) is 11.7 Å². The van der Waals surface area contributed by atoms with Gasteiger partial charge in [-0.05, 0) is 33.1 Å². The molecule has 0 aromatic heterocycles. The summed E-state index contributed by atoms with van der Waals surface area (Å²) in [6, 6.07) is 0. The summed E-state index contributed by atoms with van der Waals surface area (Å²) in [6.45, 7) is 8.54. The average Bonchev–Trinajstić information content (AvgIpc) is 2.36. The molecule has 0 spiro atoms. The maximum Gasteiger partial charge on any atom is 0.508 e. The number of carbonyl (C=O) groups is 1. The van der Waals surface area contributed by atoms with Crippen LogP contribution in [0.25, 0.3) is 0 Å². The van der Waals surface area contributed by atoms with E-state index in [1.807, 2.05) is 6.92 Å². The summed E-state index contributed by atoms with van der Waals surface area (Å²) >= 11 is 0. The molecular formula is C13H26O5. The Balaban J connectivity index is 3.27. The Morgan fingerprint density at radius 1 is 1.00 bits per heavy atom. The van der Waals surface area contributed by atoms with Crippen molar-refractivity contribution >= 4 is 6.16 Å². The van der Waals surface area contributed by atoms with Gasteiger partial charge in [-0.2, -0.15) is 0 Å². The summed E-state index contributed by atoms with van der Waals surface area (Å²) < 4.78 is 20.4. The molecule has 5 nitrogen and oxygen atoms in total. The Labute approximate surface area is 110 Å². The molecule has 1 atom stereocenters. The molecule has 0 saturated heterocycles. The highest BCUT2D eigenvalue weighted by atomic mass is 16.7. The van der Waals surface area contributed by atoms with Crippen LogP contribution in [0.5, 0.6) is 0 Å². The highest BCUT2D eigenvalue weighted by molar-refractivity contribution is 5.59. The summed E-state index contributed by atoms with van der Waals surface area (Å²) in [7, 11) is 0. The molecule has 1 unspecified atom stereocenters. The number of carbonyl (C=O) groups excluding carboxylic acids is 1. The Bertz CT molecular complexity index is 196. The normalized spacial score (nSPS) is 12.2. The second kappa shape index (κ2) is 12.6. The molecule has 0 aromatic carbocycles. The van der Waals surface area contributed by atoms with E-state index in [0.29, 0.717) is 26.4 Å². The summed E-state index contributed by atoms with van der Waals surface area (Å²) in [5.74, 6) is 0. The zero-order chi connectivity index (χ0) is 13.6. The van der Waals surface area contributed by atoms with Gasteiger partial charge in [0.1, 0.15) is 0 Å². The smallest absolute Gasteiger partial charge is 0.435 e. The summed E-state index contributed by atoms with van der Waals surface area (Å²) in [6.07, 6.45) is 2.19. The molecule has 0 heterocycles. The molecule has 0 N–H and O–H groups in total. The largest absolute Gasteiger partial charge is 0.508 e. The van der Waals surface area contributed by atoms with Crippen LogP contribution >= 0.6 is 0 Å².